The SMILES string of the molecule is O=C(NCc1cn[nH]c1)c1ccc2cccc(F)c2n1. The molecule has 2 heterocycles. The molecule has 5 nitrogen and oxygen atoms in total. The summed E-state index contributed by atoms with van der Waals surface area (Å²) in [6, 6.07) is 7.93. The fourth-order valence-corrected chi connectivity index (χ4v) is 1.88. The first kappa shape index (κ1) is 12.3. The summed E-state index contributed by atoms with van der Waals surface area (Å²) in [7, 11) is 0. The summed E-state index contributed by atoms with van der Waals surface area (Å²) in [5, 5.41) is 9.81. The third-order valence-corrected chi connectivity index (χ3v) is 2.91. The molecule has 0 unspecified atom stereocenters. The molecule has 2 aromatic heterocycles. The highest BCUT2D eigenvalue weighted by Crippen LogP contribution is 2.15. The molecule has 0 aliphatic carbocycles. The lowest BCUT2D eigenvalue weighted by Gasteiger charge is -2.05. The Bertz CT molecular complexity index is 755. The Labute approximate surface area is 113 Å². The van der Waals surface area contributed by atoms with Crippen LogP contribution in [-0.4, -0.2) is 21.1 Å². The van der Waals surface area contributed by atoms with Crippen LogP contribution in [0.5, 0.6) is 0 Å². The number of halogens is 1. The molecule has 1 amide bonds. The van der Waals surface area contributed by atoms with Crippen LogP contribution in [0.4, 0.5) is 4.39 Å². The van der Waals surface area contributed by atoms with Crippen molar-refractivity contribution >= 4 is 16.8 Å². The minimum absolute atomic E-state index is 0.186. The number of aromatic nitrogens is 3. The van der Waals surface area contributed by atoms with Gasteiger partial charge in [0, 0.05) is 23.7 Å². The number of hydrogen-bond donors (Lipinski definition) is 2. The van der Waals surface area contributed by atoms with Gasteiger partial charge in [-0.3, -0.25) is 9.89 Å². The van der Waals surface area contributed by atoms with Crippen molar-refractivity contribution in [3.8, 4) is 0 Å². The van der Waals surface area contributed by atoms with Crippen molar-refractivity contribution in [2.45, 2.75) is 6.54 Å². The third-order valence-electron chi connectivity index (χ3n) is 2.91. The van der Waals surface area contributed by atoms with Gasteiger partial charge in [-0.15, -0.1) is 0 Å². The molecule has 100 valence electrons. The summed E-state index contributed by atoms with van der Waals surface area (Å²) in [6.07, 6.45) is 3.31. The maximum atomic E-state index is 13.6. The molecule has 0 atom stereocenters. The number of H-pyrrole nitrogens is 1. The van der Waals surface area contributed by atoms with Crippen LogP contribution in [0.15, 0.2) is 42.7 Å². The van der Waals surface area contributed by atoms with Crippen LogP contribution in [0, 0.1) is 5.82 Å². The highest BCUT2D eigenvalue weighted by atomic mass is 19.1. The molecule has 6 heteroatoms. The van der Waals surface area contributed by atoms with Crippen molar-refractivity contribution in [2.24, 2.45) is 0 Å². The van der Waals surface area contributed by atoms with Gasteiger partial charge in [0.25, 0.3) is 5.91 Å². The molecule has 0 aliphatic heterocycles. The van der Waals surface area contributed by atoms with Crippen molar-refractivity contribution in [1.82, 2.24) is 20.5 Å². The molecule has 20 heavy (non-hydrogen) atoms. The lowest BCUT2D eigenvalue weighted by molar-refractivity contribution is 0.0946. The first-order chi connectivity index (χ1) is 9.74. The number of aromatic amines is 1. The zero-order valence-corrected chi connectivity index (χ0v) is 10.4. The Morgan fingerprint density at radius 2 is 2.20 bits per heavy atom. The van der Waals surface area contributed by atoms with E-state index in [4.69, 9.17) is 0 Å². The number of fused-ring (bicyclic) bond motifs is 1. The average molecular weight is 270 g/mol. The van der Waals surface area contributed by atoms with Gasteiger partial charge in [-0.05, 0) is 12.1 Å². The molecule has 0 aliphatic rings. The second kappa shape index (κ2) is 5.08. The van der Waals surface area contributed by atoms with E-state index in [9.17, 15) is 9.18 Å². The normalized spacial score (nSPS) is 10.7. The molecule has 3 rings (SSSR count). The minimum Gasteiger partial charge on any atom is -0.347 e. The summed E-state index contributed by atoms with van der Waals surface area (Å²) >= 11 is 0. The van der Waals surface area contributed by atoms with E-state index in [0.29, 0.717) is 11.9 Å². The fourth-order valence-electron chi connectivity index (χ4n) is 1.88. The smallest absolute Gasteiger partial charge is 0.270 e. The number of nitrogens with zero attached hydrogens (tertiary/aromatic N) is 2. The van der Waals surface area contributed by atoms with Crippen LogP contribution in [-0.2, 0) is 6.54 Å². The zero-order chi connectivity index (χ0) is 13.9. The van der Waals surface area contributed by atoms with Gasteiger partial charge in [-0.2, -0.15) is 5.10 Å². The van der Waals surface area contributed by atoms with E-state index in [1.807, 2.05) is 0 Å². The van der Waals surface area contributed by atoms with Crippen LogP contribution < -0.4 is 5.32 Å². The highest BCUT2D eigenvalue weighted by molar-refractivity contribution is 5.94. The molecular weight excluding hydrogens is 259 g/mol. The molecular formula is C14H11FN4O. The van der Waals surface area contributed by atoms with Crippen molar-refractivity contribution in [3.63, 3.8) is 0 Å². The Morgan fingerprint density at radius 1 is 1.30 bits per heavy atom. The Kier molecular flexibility index (Phi) is 3.12. The number of nitrogens with one attached hydrogen (secondary N) is 2. The monoisotopic (exact) mass is 270 g/mol. The molecule has 1 aromatic carbocycles. The second-order valence-electron chi connectivity index (χ2n) is 4.30. The first-order valence-corrected chi connectivity index (χ1v) is 6.05. The predicted molar refractivity (Wildman–Crippen MR) is 71.5 cm³/mol. The van der Waals surface area contributed by atoms with Crippen LogP contribution in [0.1, 0.15) is 16.1 Å². The Morgan fingerprint density at radius 3 is 3.00 bits per heavy atom. The number of para-hydroxylation sites is 1. The summed E-state index contributed by atoms with van der Waals surface area (Å²) < 4.78 is 13.6. The molecule has 0 saturated carbocycles. The number of rotatable bonds is 3. The van der Waals surface area contributed by atoms with E-state index in [0.717, 1.165) is 5.56 Å². The maximum Gasteiger partial charge on any atom is 0.270 e. The number of benzene rings is 1. The molecule has 0 radical (unpaired) electrons. The predicted octanol–water partition coefficient (Wildman–Crippen LogP) is 2.03. The maximum absolute atomic E-state index is 13.6. The van der Waals surface area contributed by atoms with Crippen molar-refractivity contribution in [2.75, 3.05) is 0 Å². The van der Waals surface area contributed by atoms with Crippen molar-refractivity contribution in [3.05, 3.63) is 59.8 Å². The van der Waals surface area contributed by atoms with E-state index in [2.05, 4.69) is 20.5 Å². The standard InChI is InChI=1S/C14H11FN4O/c15-11-3-1-2-10-4-5-12(19-13(10)11)14(20)16-6-9-7-17-18-8-9/h1-5,7-8H,6H2,(H,16,20)(H,17,18). The van der Waals surface area contributed by atoms with E-state index >= 15 is 0 Å². The van der Waals surface area contributed by atoms with Gasteiger partial charge in [-0.25, -0.2) is 9.37 Å². The quantitative estimate of drug-likeness (QED) is 0.765. The zero-order valence-electron chi connectivity index (χ0n) is 10.4. The number of amides is 1. The summed E-state index contributed by atoms with van der Waals surface area (Å²) in [6.45, 7) is 0.340. The minimum atomic E-state index is -0.438. The second-order valence-corrected chi connectivity index (χ2v) is 4.30. The lowest BCUT2D eigenvalue weighted by Crippen LogP contribution is -2.23. The molecule has 3 aromatic rings. The third kappa shape index (κ3) is 2.35. The van der Waals surface area contributed by atoms with Gasteiger partial charge in [-0.1, -0.05) is 18.2 Å². The van der Waals surface area contributed by atoms with Crippen LogP contribution in [0.25, 0.3) is 10.9 Å². The molecule has 0 spiro atoms. The largest absolute Gasteiger partial charge is 0.347 e. The highest BCUT2D eigenvalue weighted by Gasteiger charge is 2.10. The summed E-state index contributed by atoms with van der Waals surface area (Å²) in [5.74, 6) is -0.789. The molecule has 2 N–H and O–H groups in total. The topological polar surface area (TPSA) is 70.7 Å². The van der Waals surface area contributed by atoms with Gasteiger partial charge < -0.3 is 5.32 Å². The average Bonchev–Trinajstić information content (AvgIpc) is 2.98. The summed E-state index contributed by atoms with van der Waals surface area (Å²) in [4.78, 5) is 16.0. The van der Waals surface area contributed by atoms with E-state index in [-0.39, 0.29) is 17.1 Å². The Balaban J connectivity index is 1.82. The van der Waals surface area contributed by atoms with Crippen LogP contribution >= 0.6 is 0 Å². The van der Waals surface area contributed by atoms with Gasteiger partial charge in [0.05, 0.1) is 6.20 Å². The van der Waals surface area contributed by atoms with E-state index < -0.39 is 5.82 Å². The number of pyridine rings is 1. The number of carbonyl (C=O) groups is 1. The molecule has 0 bridgehead atoms. The fraction of sp³-hybridized carbons (Fsp3) is 0.0714. The molecule has 0 fully saturated rings. The lowest BCUT2D eigenvalue weighted by atomic mass is 10.2. The van der Waals surface area contributed by atoms with Gasteiger partial charge >= 0.3 is 0 Å². The van der Waals surface area contributed by atoms with E-state index in [1.54, 1.807) is 36.7 Å². The van der Waals surface area contributed by atoms with E-state index in [1.165, 1.54) is 6.07 Å². The van der Waals surface area contributed by atoms with Crippen molar-refractivity contribution in [1.29, 1.82) is 0 Å². The Hall–Kier alpha value is -2.76. The van der Waals surface area contributed by atoms with Crippen molar-refractivity contribution < 1.29 is 9.18 Å². The molecule has 0 saturated heterocycles. The first-order valence-electron chi connectivity index (χ1n) is 6.05. The van der Waals surface area contributed by atoms with Crippen LogP contribution in [0.3, 0.4) is 0 Å². The van der Waals surface area contributed by atoms with Gasteiger partial charge in [0.1, 0.15) is 17.0 Å². The summed E-state index contributed by atoms with van der Waals surface area (Å²) in [5.41, 5.74) is 1.24. The number of carbonyl (C=O) groups excluding carboxylic acids is 1. The number of hydrogen-bond acceptors (Lipinski definition) is 3. The van der Waals surface area contributed by atoms with Crippen LogP contribution in [0.2, 0.25) is 0 Å². The van der Waals surface area contributed by atoms with Gasteiger partial charge in [0.2, 0.25) is 0 Å². The van der Waals surface area contributed by atoms with Gasteiger partial charge in [0.15, 0.2) is 0 Å².